The normalized spacial score (nSPS) is 12.1. The van der Waals surface area contributed by atoms with Gasteiger partial charge in [0, 0.05) is 14.2 Å². The molecular weight excluding hydrogens is 143 g/mol. The van der Waals surface area contributed by atoms with Crippen LogP contribution in [0.4, 0.5) is 0 Å². The minimum atomic E-state index is -0.967. The molecule has 0 amide bonds. The van der Waals surface area contributed by atoms with E-state index >= 15 is 0 Å². The quantitative estimate of drug-likeness (QED) is 0.565. The second-order valence-electron chi connectivity index (χ2n) is 2.47. The van der Waals surface area contributed by atoms with Crippen LogP contribution in [0.3, 0.4) is 0 Å². The molecule has 0 aliphatic carbocycles. The van der Waals surface area contributed by atoms with E-state index in [1.54, 1.807) is 0 Å². The second kappa shape index (κ2) is 7.24. The lowest BCUT2D eigenvalue weighted by Gasteiger charge is -1.95. The number of rotatable bonds is 5. The van der Waals surface area contributed by atoms with Crippen molar-refractivity contribution in [3.63, 3.8) is 0 Å². The molecule has 0 radical (unpaired) electrons. The van der Waals surface area contributed by atoms with Gasteiger partial charge in [0.05, 0.1) is 5.80 Å². The molecule has 2 heteroatoms. The highest BCUT2D eigenvalue weighted by Crippen LogP contribution is 2.12. The molecule has 0 aromatic heterocycles. The number of hydrogen-bond acceptors (Lipinski definition) is 1. The lowest BCUT2D eigenvalue weighted by atomic mass is 10.4. The van der Waals surface area contributed by atoms with Gasteiger partial charge in [-0.3, -0.25) is 0 Å². The minimum absolute atomic E-state index is 0.895. The summed E-state index contributed by atoms with van der Waals surface area (Å²) in [5.74, 6) is 1.96. The van der Waals surface area contributed by atoms with Crippen molar-refractivity contribution in [1.82, 2.24) is 0 Å². The van der Waals surface area contributed by atoms with Gasteiger partial charge in [-0.2, -0.15) is 0 Å². The van der Waals surface area contributed by atoms with Crippen LogP contribution in [-0.2, 0) is 0 Å². The van der Waals surface area contributed by atoms with Crippen LogP contribution in [0.15, 0.2) is 0 Å². The van der Waals surface area contributed by atoms with Crippen molar-refractivity contribution < 1.29 is 4.89 Å². The Balaban J connectivity index is 3.30. The first kappa shape index (κ1) is 10.1. The topological polar surface area (TPSA) is 23.1 Å². The molecule has 10 heavy (non-hydrogen) atoms. The molecule has 0 bridgehead atoms. The zero-order chi connectivity index (χ0) is 7.82. The summed E-state index contributed by atoms with van der Waals surface area (Å²) < 4.78 is 0. The van der Waals surface area contributed by atoms with Crippen molar-refractivity contribution in [3.8, 4) is 0 Å². The summed E-state index contributed by atoms with van der Waals surface area (Å²) in [6.45, 7) is 4.24. The largest absolute Gasteiger partial charge is 0.631 e. The Labute approximate surface area is 64.9 Å². The van der Waals surface area contributed by atoms with E-state index in [0.29, 0.717) is 0 Å². The van der Waals surface area contributed by atoms with Crippen molar-refractivity contribution in [3.05, 3.63) is 0 Å². The van der Waals surface area contributed by atoms with Gasteiger partial charge in [-0.1, -0.05) is 20.3 Å². The van der Waals surface area contributed by atoms with Crippen LogP contribution in [0.1, 0.15) is 39.5 Å². The zero-order valence-electron chi connectivity index (χ0n) is 6.97. The summed E-state index contributed by atoms with van der Waals surface area (Å²) in [5, 5.41) is 0. The Morgan fingerprint density at radius 2 is 2.00 bits per heavy atom. The molecule has 0 rings (SSSR count). The van der Waals surface area contributed by atoms with Gasteiger partial charge in [0.15, 0.2) is 0 Å². The minimum Gasteiger partial charge on any atom is -0.631 e. The Kier molecular flexibility index (Phi) is 7.33. The number of hydrogen-bond donors (Lipinski definition) is 0. The number of unbranched alkanes of at least 4 members (excludes halogenated alkanes) is 2. The summed E-state index contributed by atoms with van der Waals surface area (Å²) in [4.78, 5) is 11.1. The van der Waals surface area contributed by atoms with Crippen LogP contribution >= 0.6 is 7.77 Å². The lowest BCUT2D eigenvalue weighted by molar-refractivity contribution is -0.152. The van der Waals surface area contributed by atoms with Gasteiger partial charge in [0.25, 0.3) is 0 Å². The highest BCUT2D eigenvalue weighted by Gasteiger charge is 1.92. The van der Waals surface area contributed by atoms with E-state index in [0.717, 1.165) is 31.8 Å². The average molecular weight is 160 g/mol. The first-order valence-corrected chi connectivity index (χ1v) is 5.59. The van der Waals surface area contributed by atoms with Crippen LogP contribution in [0.25, 0.3) is 0 Å². The van der Waals surface area contributed by atoms with Gasteiger partial charge in [-0.25, -0.2) is 0 Å². The Bertz CT molecular complexity index is 99.4. The third-order valence-electron chi connectivity index (χ3n) is 1.35. The molecule has 0 aromatic rings. The fourth-order valence-corrected chi connectivity index (χ4v) is 2.03. The third-order valence-corrected chi connectivity index (χ3v) is 2.78. The van der Waals surface area contributed by atoms with Gasteiger partial charge in [0.2, 0.25) is 0 Å². The van der Waals surface area contributed by atoms with Crippen molar-refractivity contribution >= 4 is 13.6 Å². The van der Waals surface area contributed by atoms with E-state index in [1.807, 2.05) is 5.80 Å². The molecule has 0 heterocycles. The maximum absolute atomic E-state index is 11.1. The van der Waals surface area contributed by atoms with E-state index in [1.165, 1.54) is 0 Å². The van der Waals surface area contributed by atoms with Crippen molar-refractivity contribution in [1.29, 1.82) is 0 Å². The molecule has 60 valence electrons. The molecule has 1 atom stereocenters. The van der Waals surface area contributed by atoms with Gasteiger partial charge in [-0.15, -0.1) is 0 Å². The first-order valence-electron chi connectivity index (χ1n) is 4.08. The van der Waals surface area contributed by atoms with E-state index in [4.69, 9.17) is 0 Å². The zero-order valence-corrected chi connectivity index (χ0v) is 7.86. The molecule has 0 N–H and O–H groups in total. The highest BCUT2D eigenvalue weighted by atomic mass is 31.1. The van der Waals surface area contributed by atoms with E-state index in [-0.39, 0.29) is 0 Å². The van der Waals surface area contributed by atoms with E-state index in [9.17, 15) is 4.89 Å². The predicted molar refractivity (Wildman–Crippen MR) is 47.7 cm³/mol. The lowest BCUT2D eigenvalue weighted by Crippen LogP contribution is -1.94. The molecule has 0 spiro atoms. The van der Waals surface area contributed by atoms with Crippen molar-refractivity contribution in [2.24, 2.45) is 0 Å². The fraction of sp³-hybridized carbons (Fsp3) is 0.875. The summed E-state index contributed by atoms with van der Waals surface area (Å²) in [5.41, 5.74) is 0. The molecule has 0 saturated carbocycles. The van der Waals surface area contributed by atoms with Crippen molar-refractivity contribution in [2.45, 2.75) is 39.5 Å². The van der Waals surface area contributed by atoms with Gasteiger partial charge in [0.1, 0.15) is 6.16 Å². The Morgan fingerprint density at radius 3 is 2.50 bits per heavy atom. The van der Waals surface area contributed by atoms with Gasteiger partial charge >= 0.3 is 0 Å². The maximum Gasteiger partial charge on any atom is 0.102 e. The molecule has 0 saturated heterocycles. The second-order valence-corrected chi connectivity index (χ2v) is 4.11. The van der Waals surface area contributed by atoms with E-state index in [2.05, 4.69) is 13.8 Å². The SMILES string of the molecule is CCCC=[P+]([O-])CCCC. The Hall–Kier alpha value is 0.130. The molecule has 1 nitrogen and oxygen atoms in total. The standard InChI is InChI=1S/C8H17OP/c1-3-5-7-10(9)8-6-4-2/h7H,3-6,8H2,1-2H3. The van der Waals surface area contributed by atoms with Crippen molar-refractivity contribution in [2.75, 3.05) is 6.16 Å². The summed E-state index contributed by atoms with van der Waals surface area (Å²) >= 11 is 0. The van der Waals surface area contributed by atoms with E-state index < -0.39 is 7.77 Å². The molecular formula is C8H17OP. The highest BCUT2D eigenvalue weighted by molar-refractivity contribution is 7.49. The average Bonchev–Trinajstić information content (AvgIpc) is 1.97. The predicted octanol–water partition coefficient (Wildman–Crippen LogP) is 2.15. The van der Waals surface area contributed by atoms with Crippen LogP contribution in [-0.4, -0.2) is 12.0 Å². The molecule has 0 aliphatic rings. The van der Waals surface area contributed by atoms with Crippen LogP contribution < -0.4 is 4.89 Å². The summed E-state index contributed by atoms with van der Waals surface area (Å²) in [6, 6.07) is 0. The Morgan fingerprint density at radius 1 is 1.30 bits per heavy atom. The van der Waals surface area contributed by atoms with Gasteiger partial charge < -0.3 is 4.89 Å². The molecule has 1 unspecified atom stereocenters. The molecule has 0 fully saturated rings. The van der Waals surface area contributed by atoms with Gasteiger partial charge in [-0.05, 0) is 12.8 Å². The van der Waals surface area contributed by atoms with Crippen LogP contribution in [0, 0.1) is 0 Å². The smallest absolute Gasteiger partial charge is 0.102 e. The molecule has 0 aliphatic heterocycles. The first-order chi connectivity index (χ1) is 4.81. The van der Waals surface area contributed by atoms with Crippen LogP contribution in [0.2, 0.25) is 0 Å². The third kappa shape index (κ3) is 6.25. The van der Waals surface area contributed by atoms with Crippen LogP contribution in [0.5, 0.6) is 0 Å². The fourth-order valence-electron chi connectivity index (χ4n) is 0.678. The summed E-state index contributed by atoms with van der Waals surface area (Å²) in [7, 11) is -0.967. The monoisotopic (exact) mass is 160 g/mol. The summed E-state index contributed by atoms with van der Waals surface area (Å²) in [6.07, 6.45) is 5.29. The molecule has 0 aromatic carbocycles. The maximum atomic E-state index is 11.1.